The molecule has 0 aliphatic carbocycles. The van der Waals surface area contributed by atoms with Gasteiger partial charge in [0.15, 0.2) is 0 Å². The smallest absolute Gasteiger partial charge is 0.225 e. The molecule has 6 heteroatoms. The van der Waals surface area contributed by atoms with Crippen LogP contribution in [0.3, 0.4) is 0 Å². The van der Waals surface area contributed by atoms with Crippen molar-refractivity contribution in [2.75, 3.05) is 6.54 Å². The maximum atomic E-state index is 12.7. The second-order valence-corrected chi connectivity index (χ2v) is 7.67. The first-order chi connectivity index (χ1) is 13.6. The van der Waals surface area contributed by atoms with Crippen LogP contribution in [0.2, 0.25) is 5.02 Å². The molecule has 1 atom stereocenters. The zero-order valence-electron chi connectivity index (χ0n) is 15.5. The number of H-pyrrole nitrogens is 1. The lowest BCUT2D eigenvalue weighted by Crippen LogP contribution is -2.45. The molecule has 5 nitrogen and oxygen atoms in total. The summed E-state index contributed by atoms with van der Waals surface area (Å²) in [4.78, 5) is 30.0. The fourth-order valence-corrected chi connectivity index (χ4v) is 3.77. The number of rotatable bonds is 5. The third kappa shape index (κ3) is 4.20. The number of hydrogen-bond acceptors (Lipinski definition) is 2. The molecule has 2 heterocycles. The summed E-state index contributed by atoms with van der Waals surface area (Å²) in [5.41, 5.74) is 3.04. The van der Waals surface area contributed by atoms with Gasteiger partial charge in [-0.2, -0.15) is 0 Å². The minimum absolute atomic E-state index is 0.00716. The zero-order chi connectivity index (χ0) is 19.5. The number of aromatic nitrogens is 1. The van der Waals surface area contributed by atoms with E-state index in [0.29, 0.717) is 37.5 Å². The number of amides is 2. The van der Waals surface area contributed by atoms with Crippen molar-refractivity contribution in [1.29, 1.82) is 0 Å². The summed E-state index contributed by atoms with van der Waals surface area (Å²) in [6.45, 7) is 1.40. The molecule has 1 aliphatic rings. The van der Waals surface area contributed by atoms with Gasteiger partial charge in [-0.3, -0.25) is 9.59 Å². The van der Waals surface area contributed by atoms with Gasteiger partial charge >= 0.3 is 0 Å². The molecule has 4 rings (SSSR count). The summed E-state index contributed by atoms with van der Waals surface area (Å²) in [5, 5.41) is 4.81. The summed E-state index contributed by atoms with van der Waals surface area (Å²) in [5.74, 6) is -0.101. The van der Waals surface area contributed by atoms with E-state index in [2.05, 4.69) is 10.3 Å². The van der Waals surface area contributed by atoms with Crippen LogP contribution in [-0.2, 0) is 22.7 Å². The minimum atomic E-state index is -0.186. The minimum Gasteiger partial charge on any atom is -0.357 e. The van der Waals surface area contributed by atoms with Crippen molar-refractivity contribution >= 4 is 34.3 Å². The number of aromatic amines is 1. The van der Waals surface area contributed by atoms with Gasteiger partial charge in [0.25, 0.3) is 0 Å². The van der Waals surface area contributed by atoms with E-state index in [9.17, 15) is 9.59 Å². The van der Waals surface area contributed by atoms with Gasteiger partial charge in [0.05, 0.1) is 12.5 Å². The Hall–Kier alpha value is -2.79. The zero-order valence-corrected chi connectivity index (χ0v) is 16.2. The number of nitrogens with zero attached hydrogens (tertiary/aromatic N) is 1. The van der Waals surface area contributed by atoms with E-state index >= 15 is 0 Å². The first kappa shape index (κ1) is 18.6. The fourth-order valence-electron chi connectivity index (χ4n) is 3.65. The van der Waals surface area contributed by atoms with E-state index in [1.807, 2.05) is 54.6 Å². The van der Waals surface area contributed by atoms with Gasteiger partial charge in [-0.1, -0.05) is 41.9 Å². The highest BCUT2D eigenvalue weighted by molar-refractivity contribution is 6.30. The molecule has 0 unspecified atom stereocenters. The van der Waals surface area contributed by atoms with Crippen molar-refractivity contribution in [3.63, 3.8) is 0 Å². The van der Waals surface area contributed by atoms with Crippen LogP contribution in [0.5, 0.6) is 0 Å². The van der Waals surface area contributed by atoms with Gasteiger partial charge in [0, 0.05) is 35.7 Å². The molecule has 1 saturated heterocycles. The van der Waals surface area contributed by atoms with Crippen LogP contribution in [-0.4, -0.2) is 28.2 Å². The Bertz CT molecular complexity index is 963. The summed E-state index contributed by atoms with van der Waals surface area (Å²) >= 11 is 5.92. The molecular weight excluding hydrogens is 374 g/mol. The van der Waals surface area contributed by atoms with E-state index < -0.39 is 0 Å². The lowest BCUT2D eigenvalue weighted by Gasteiger charge is -2.32. The Kier molecular flexibility index (Phi) is 5.35. The van der Waals surface area contributed by atoms with Gasteiger partial charge in [-0.05, 0) is 41.6 Å². The molecule has 28 heavy (non-hydrogen) atoms. The van der Waals surface area contributed by atoms with Gasteiger partial charge in [0.1, 0.15) is 0 Å². The molecule has 2 amide bonds. The Labute approximate surface area is 168 Å². The van der Waals surface area contributed by atoms with Crippen molar-refractivity contribution in [1.82, 2.24) is 15.2 Å². The average Bonchev–Trinajstić information content (AvgIpc) is 3.12. The topological polar surface area (TPSA) is 65.2 Å². The molecule has 0 radical (unpaired) electrons. The van der Waals surface area contributed by atoms with Crippen LogP contribution in [0.1, 0.15) is 24.1 Å². The summed E-state index contributed by atoms with van der Waals surface area (Å²) < 4.78 is 0. The molecule has 0 bridgehead atoms. The van der Waals surface area contributed by atoms with Crippen molar-refractivity contribution in [3.8, 4) is 0 Å². The first-order valence-corrected chi connectivity index (χ1v) is 9.83. The number of carbonyl (C=O) groups excluding carboxylic acids is 2. The Morgan fingerprint density at radius 1 is 1.18 bits per heavy atom. The van der Waals surface area contributed by atoms with Crippen LogP contribution in [0, 0.1) is 5.92 Å². The Morgan fingerprint density at radius 2 is 1.96 bits per heavy atom. The van der Waals surface area contributed by atoms with Crippen LogP contribution >= 0.6 is 11.6 Å². The van der Waals surface area contributed by atoms with Crippen LogP contribution in [0.25, 0.3) is 10.9 Å². The third-order valence-electron chi connectivity index (χ3n) is 5.20. The summed E-state index contributed by atoms with van der Waals surface area (Å²) in [7, 11) is 0. The number of likely N-dealkylation sites (tertiary alicyclic amines) is 1. The lowest BCUT2D eigenvalue weighted by atomic mass is 9.96. The molecule has 2 aromatic carbocycles. The predicted octanol–water partition coefficient (Wildman–Crippen LogP) is 3.88. The number of nitrogens with one attached hydrogen (secondary N) is 2. The van der Waals surface area contributed by atoms with Crippen LogP contribution in [0.4, 0.5) is 0 Å². The quantitative estimate of drug-likeness (QED) is 0.688. The van der Waals surface area contributed by atoms with Gasteiger partial charge < -0.3 is 15.2 Å². The van der Waals surface area contributed by atoms with Crippen molar-refractivity contribution in [2.24, 2.45) is 5.92 Å². The Balaban J connectivity index is 1.35. The first-order valence-electron chi connectivity index (χ1n) is 9.45. The van der Waals surface area contributed by atoms with E-state index in [1.54, 1.807) is 4.90 Å². The number of piperidine rings is 1. The average molecular weight is 396 g/mol. The van der Waals surface area contributed by atoms with Crippen LogP contribution < -0.4 is 5.32 Å². The van der Waals surface area contributed by atoms with E-state index in [4.69, 9.17) is 11.6 Å². The predicted molar refractivity (Wildman–Crippen MR) is 110 cm³/mol. The van der Waals surface area contributed by atoms with Gasteiger partial charge in [-0.15, -0.1) is 0 Å². The summed E-state index contributed by atoms with van der Waals surface area (Å²) in [6, 6.07) is 17.5. The Morgan fingerprint density at radius 3 is 2.75 bits per heavy atom. The third-order valence-corrected chi connectivity index (χ3v) is 5.45. The largest absolute Gasteiger partial charge is 0.357 e. The second kappa shape index (κ2) is 8.07. The highest BCUT2D eigenvalue weighted by Gasteiger charge is 2.30. The normalized spacial score (nSPS) is 17.1. The molecule has 1 aromatic heterocycles. The molecule has 2 N–H and O–H groups in total. The van der Waals surface area contributed by atoms with Crippen molar-refractivity contribution in [3.05, 3.63) is 70.9 Å². The fraction of sp³-hybridized carbons (Fsp3) is 0.273. The SMILES string of the molecule is O=C(NCc1cc2ccccc2[nH]1)[C@H]1CCC(=O)N(Cc2ccc(Cl)cc2)C1. The second-order valence-electron chi connectivity index (χ2n) is 7.24. The number of hydrogen-bond donors (Lipinski definition) is 2. The van der Waals surface area contributed by atoms with E-state index in [1.165, 1.54) is 0 Å². The van der Waals surface area contributed by atoms with Crippen molar-refractivity contribution < 1.29 is 9.59 Å². The van der Waals surface area contributed by atoms with Gasteiger partial charge in [-0.25, -0.2) is 0 Å². The van der Waals surface area contributed by atoms with Gasteiger partial charge in [0.2, 0.25) is 11.8 Å². The number of carbonyl (C=O) groups is 2. The highest BCUT2D eigenvalue weighted by atomic mass is 35.5. The van der Waals surface area contributed by atoms with Crippen molar-refractivity contribution in [2.45, 2.75) is 25.9 Å². The standard InChI is InChI=1S/C22H22ClN3O2/c23-18-8-5-15(6-9-18)13-26-14-17(7-10-21(26)27)22(28)24-12-19-11-16-3-1-2-4-20(16)25-19/h1-6,8-9,11,17,25H,7,10,12-14H2,(H,24,28)/t17-/m0/s1. The summed E-state index contributed by atoms with van der Waals surface area (Å²) in [6.07, 6.45) is 0.993. The number of halogens is 1. The molecule has 1 fully saturated rings. The maximum Gasteiger partial charge on any atom is 0.225 e. The number of benzene rings is 2. The van der Waals surface area contributed by atoms with Crippen LogP contribution in [0.15, 0.2) is 54.6 Å². The molecular formula is C22H22ClN3O2. The monoisotopic (exact) mass is 395 g/mol. The van der Waals surface area contributed by atoms with E-state index in [-0.39, 0.29) is 17.7 Å². The number of fused-ring (bicyclic) bond motifs is 1. The molecule has 144 valence electrons. The molecule has 1 aliphatic heterocycles. The highest BCUT2D eigenvalue weighted by Crippen LogP contribution is 2.21. The molecule has 0 saturated carbocycles. The van der Waals surface area contributed by atoms with E-state index in [0.717, 1.165) is 22.2 Å². The molecule has 0 spiro atoms. The molecule has 3 aromatic rings. The lowest BCUT2D eigenvalue weighted by molar-refractivity contribution is -0.139. The number of para-hydroxylation sites is 1. The maximum absolute atomic E-state index is 12.7.